The number of rotatable bonds is 6. The molecule has 0 bridgehead atoms. The van der Waals surface area contributed by atoms with Gasteiger partial charge in [-0.25, -0.2) is 0 Å². The van der Waals surface area contributed by atoms with E-state index in [2.05, 4.69) is 18.7 Å². The van der Waals surface area contributed by atoms with Gasteiger partial charge in [-0.3, -0.25) is 0 Å². The summed E-state index contributed by atoms with van der Waals surface area (Å²) in [5, 5.41) is 0. The van der Waals surface area contributed by atoms with Gasteiger partial charge in [-0.05, 0) is 44.3 Å². The van der Waals surface area contributed by atoms with Gasteiger partial charge in [-0.2, -0.15) is 0 Å². The molecule has 0 aromatic carbocycles. The van der Waals surface area contributed by atoms with Gasteiger partial charge in [0.1, 0.15) is 0 Å². The minimum atomic E-state index is 0.746. The Labute approximate surface area is 88.8 Å². The van der Waals surface area contributed by atoms with Crippen molar-refractivity contribution in [3.63, 3.8) is 0 Å². The maximum absolute atomic E-state index is 5.70. The lowest BCUT2D eigenvalue weighted by atomic mass is 10.0. The number of likely N-dealkylation sites (tertiary alicyclic amines) is 1. The fraction of sp³-hybridized carbons (Fsp3) is 1.00. The van der Waals surface area contributed by atoms with Crippen LogP contribution in [0.1, 0.15) is 39.5 Å². The van der Waals surface area contributed by atoms with E-state index < -0.39 is 0 Å². The van der Waals surface area contributed by atoms with Crippen molar-refractivity contribution in [2.75, 3.05) is 26.2 Å². The minimum Gasteiger partial charge on any atom is -0.330 e. The standard InChI is InChI=1S/C12H26N2/c1-3-11(9-13)5-7-14-8-6-12(4-2)10-14/h11-12H,3-10,13H2,1-2H3. The Morgan fingerprint density at radius 2 is 2.21 bits per heavy atom. The fourth-order valence-corrected chi connectivity index (χ4v) is 2.30. The normalized spacial score (nSPS) is 25.5. The maximum Gasteiger partial charge on any atom is 0.00100 e. The van der Waals surface area contributed by atoms with Crippen LogP contribution in [-0.4, -0.2) is 31.1 Å². The predicted molar refractivity (Wildman–Crippen MR) is 62.3 cm³/mol. The molecule has 0 aromatic heterocycles. The first kappa shape index (κ1) is 12.0. The van der Waals surface area contributed by atoms with Gasteiger partial charge in [0, 0.05) is 6.54 Å². The van der Waals surface area contributed by atoms with E-state index in [1.165, 1.54) is 45.3 Å². The van der Waals surface area contributed by atoms with Crippen molar-refractivity contribution in [1.29, 1.82) is 0 Å². The van der Waals surface area contributed by atoms with E-state index >= 15 is 0 Å². The van der Waals surface area contributed by atoms with Gasteiger partial charge in [0.2, 0.25) is 0 Å². The highest BCUT2D eigenvalue weighted by atomic mass is 15.1. The van der Waals surface area contributed by atoms with Crippen LogP contribution < -0.4 is 5.73 Å². The van der Waals surface area contributed by atoms with Gasteiger partial charge < -0.3 is 10.6 Å². The van der Waals surface area contributed by atoms with Crippen molar-refractivity contribution in [3.8, 4) is 0 Å². The van der Waals surface area contributed by atoms with E-state index in [4.69, 9.17) is 5.73 Å². The lowest BCUT2D eigenvalue weighted by Gasteiger charge is -2.19. The highest BCUT2D eigenvalue weighted by molar-refractivity contribution is 4.75. The van der Waals surface area contributed by atoms with Crippen LogP contribution in [0.3, 0.4) is 0 Å². The largest absolute Gasteiger partial charge is 0.330 e. The minimum absolute atomic E-state index is 0.746. The summed E-state index contributed by atoms with van der Waals surface area (Å²) >= 11 is 0. The van der Waals surface area contributed by atoms with E-state index in [1.54, 1.807) is 0 Å². The highest BCUT2D eigenvalue weighted by Gasteiger charge is 2.20. The molecule has 84 valence electrons. The molecule has 0 amide bonds. The van der Waals surface area contributed by atoms with E-state index in [0.29, 0.717) is 0 Å². The number of nitrogens with zero attached hydrogens (tertiary/aromatic N) is 1. The van der Waals surface area contributed by atoms with Gasteiger partial charge in [0.15, 0.2) is 0 Å². The summed E-state index contributed by atoms with van der Waals surface area (Å²) in [6.45, 7) is 9.34. The van der Waals surface area contributed by atoms with Gasteiger partial charge in [-0.15, -0.1) is 0 Å². The Balaban J connectivity index is 2.13. The molecule has 2 N–H and O–H groups in total. The van der Waals surface area contributed by atoms with E-state index in [-0.39, 0.29) is 0 Å². The third kappa shape index (κ3) is 3.58. The van der Waals surface area contributed by atoms with Gasteiger partial charge in [0.25, 0.3) is 0 Å². The molecule has 0 aromatic rings. The zero-order chi connectivity index (χ0) is 10.4. The molecule has 2 heteroatoms. The number of nitrogens with two attached hydrogens (primary N) is 1. The van der Waals surface area contributed by atoms with Crippen LogP contribution in [0.2, 0.25) is 0 Å². The number of hydrogen-bond acceptors (Lipinski definition) is 2. The van der Waals surface area contributed by atoms with Crippen molar-refractivity contribution in [2.45, 2.75) is 39.5 Å². The third-order valence-electron chi connectivity index (χ3n) is 3.71. The molecular formula is C12H26N2. The van der Waals surface area contributed by atoms with E-state index in [9.17, 15) is 0 Å². The molecule has 1 saturated heterocycles. The molecule has 2 atom stereocenters. The molecule has 0 spiro atoms. The summed E-state index contributed by atoms with van der Waals surface area (Å²) in [6.07, 6.45) is 5.30. The highest BCUT2D eigenvalue weighted by Crippen LogP contribution is 2.20. The Hall–Kier alpha value is -0.0800. The molecule has 0 saturated carbocycles. The monoisotopic (exact) mass is 198 g/mol. The van der Waals surface area contributed by atoms with Crippen LogP contribution >= 0.6 is 0 Å². The summed E-state index contributed by atoms with van der Waals surface area (Å²) < 4.78 is 0. The molecule has 1 heterocycles. The van der Waals surface area contributed by atoms with Crippen LogP contribution in [0.25, 0.3) is 0 Å². The first-order valence-electron chi connectivity index (χ1n) is 6.22. The van der Waals surface area contributed by atoms with Gasteiger partial charge in [-0.1, -0.05) is 26.7 Å². The first-order chi connectivity index (χ1) is 6.80. The first-order valence-corrected chi connectivity index (χ1v) is 6.22. The van der Waals surface area contributed by atoms with Crippen LogP contribution in [0.5, 0.6) is 0 Å². The summed E-state index contributed by atoms with van der Waals surface area (Å²) in [5.74, 6) is 1.71. The van der Waals surface area contributed by atoms with E-state index in [1.807, 2.05) is 0 Å². The molecule has 2 nitrogen and oxygen atoms in total. The van der Waals surface area contributed by atoms with Crippen molar-refractivity contribution in [1.82, 2.24) is 4.90 Å². The predicted octanol–water partition coefficient (Wildman–Crippen LogP) is 2.09. The summed E-state index contributed by atoms with van der Waals surface area (Å²) in [4.78, 5) is 2.62. The van der Waals surface area contributed by atoms with Crippen molar-refractivity contribution >= 4 is 0 Å². The van der Waals surface area contributed by atoms with Crippen LogP contribution in [0, 0.1) is 11.8 Å². The van der Waals surface area contributed by atoms with Crippen molar-refractivity contribution in [2.24, 2.45) is 17.6 Å². The topological polar surface area (TPSA) is 29.3 Å². The third-order valence-corrected chi connectivity index (χ3v) is 3.71. The van der Waals surface area contributed by atoms with Crippen molar-refractivity contribution < 1.29 is 0 Å². The Kier molecular flexibility index (Phi) is 5.49. The molecule has 0 aliphatic carbocycles. The zero-order valence-corrected chi connectivity index (χ0v) is 9.84. The number of hydrogen-bond donors (Lipinski definition) is 1. The second-order valence-corrected chi connectivity index (χ2v) is 4.66. The molecule has 0 radical (unpaired) electrons. The summed E-state index contributed by atoms with van der Waals surface area (Å²) in [7, 11) is 0. The van der Waals surface area contributed by atoms with Crippen LogP contribution in [0.4, 0.5) is 0 Å². The summed E-state index contributed by atoms with van der Waals surface area (Å²) in [5.41, 5.74) is 5.70. The molecular weight excluding hydrogens is 172 g/mol. The van der Waals surface area contributed by atoms with Crippen molar-refractivity contribution in [3.05, 3.63) is 0 Å². The Morgan fingerprint density at radius 1 is 1.43 bits per heavy atom. The summed E-state index contributed by atoms with van der Waals surface area (Å²) in [6, 6.07) is 0. The Bertz CT molecular complexity index is 143. The SMILES string of the molecule is CCC(CN)CCN1CCC(CC)C1. The Morgan fingerprint density at radius 3 is 2.71 bits per heavy atom. The smallest absolute Gasteiger partial charge is 0.00100 e. The van der Waals surface area contributed by atoms with Crippen LogP contribution in [0.15, 0.2) is 0 Å². The molecule has 1 aliphatic heterocycles. The van der Waals surface area contributed by atoms with Gasteiger partial charge in [0.05, 0.1) is 0 Å². The van der Waals surface area contributed by atoms with E-state index in [0.717, 1.165) is 18.4 Å². The average molecular weight is 198 g/mol. The van der Waals surface area contributed by atoms with Crippen LogP contribution in [-0.2, 0) is 0 Å². The molecule has 2 unspecified atom stereocenters. The molecule has 1 aliphatic rings. The second-order valence-electron chi connectivity index (χ2n) is 4.66. The average Bonchev–Trinajstić information content (AvgIpc) is 2.67. The molecule has 14 heavy (non-hydrogen) atoms. The second kappa shape index (κ2) is 6.41. The lowest BCUT2D eigenvalue weighted by molar-refractivity contribution is 0.290. The van der Waals surface area contributed by atoms with Gasteiger partial charge >= 0.3 is 0 Å². The maximum atomic E-state index is 5.70. The molecule has 1 rings (SSSR count). The zero-order valence-electron chi connectivity index (χ0n) is 9.84. The lowest BCUT2D eigenvalue weighted by Crippen LogP contribution is -2.25. The fourth-order valence-electron chi connectivity index (χ4n) is 2.30. The molecule has 1 fully saturated rings. The quantitative estimate of drug-likeness (QED) is 0.708.